The third-order valence-corrected chi connectivity index (χ3v) is 5.50. The molecule has 0 unspecified atom stereocenters. The SMILES string of the molecule is CC(C)(C)CNCCn1c(Sc2cc(O)c(O)cc2CN)nc2c(N)nccc21. The van der Waals surface area contributed by atoms with E-state index >= 15 is 0 Å². The van der Waals surface area contributed by atoms with Gasteiger partial charge in [-0.2, -0.15) is 0 Å². The molecule has 3 rings (SSSR count). The fraction of sp³-hybridized carbons (Fsp3) is 0.400. The highest BCUT2D eigenvalue weighted by atomic mass is 32.2. The maximum Gasteiger partial charge on any atom is 0.174 e. The third kappa shape index (κ3) is 4.92. The van der Waals surface area contributed by atoms with Crippen molar-refractivity contribution in [3.05, 3.63) is 30.0 Å². The summed E-state index contributed by atoms with van der Waals surface area (Å²) in [6, 6.07) is 4.88. The number of phenols is 2. The number of aromatic nitrogens is 3. The van der Waals surface area contributed by atoms with Gasteiger partial charge in [0.05, 0.1) is 5.52 Å². The zero-order chi connectivity index (χ0) is 21.2. The van der Waals surface area contributed by atoms with Crippen LogP contribution >= 0.6 is 11.8 Å². The summed E-state index contributed by atoms with van der Waals surface area (Å²) in [4.78, 5) is 9.56. The molecular formula is C20H28N6O2S. The van der Waals surface area contributed by atoms with Gasteiger partial charge in [0.1, 0.15) is 5.52 Å². The summed E-state index contributed by atoms with van der Waals surface area (Å²) in [6.07, 6.45) is 1.67. The molecule has 8 nitrogen and oxygen atoms in total. The summed E-state index contributed by atoms with van der Waals surface area (Å²) in [5, 5.41) is 23.9. The van der Waals surface area contributed by atoms with Crippen molar-refractivity contribution >= 4 is 28.6 Å². The minimum atomic E-state index is -0.194. The van der Waals surface area contributed by atoms with Crippen LogP contribution in [-0.2, 0) is 13.1 Å². The molecule has 0 saturated heterocycles. The maximum absolute atomic E-state index is 9.93. The van der Waals surface area contributed by atoms with E-state index in [0.717, 1.165) is 34.2 Å². The number of phenolic OH excluding ortho intramolecular Hbond substituents is 2. The van der Waals surface area contributed by atoms with Crippen molar-refractivity contribution in [2.45, 2.75) is 43.9 Å². The van der Waals surface area contributed by atoms with Gasteiger partial charge in [-0.3, -0.25) is 0 Å². The molecule has 7 N–H and O–H groups in total. The van der Waals surface area contributed by atoms with Crippen molar-refractivity contribution in [1.82, 2.24) is 19.9 Å². The zero-order valence-electron chi connectivity index (χ0n) is 16.9. The Morgan fingerprint density at radius 2 is 1.93 bits per heavy atom. The minimum absolute atomic E-state index is 0.192. The molecule has 0 aliphatic heterocycles. The number of nitrogen functional groups attached to an aromatic ring is 1. The predicted molar refractivity (Wildman–Crippen MR) is 116 cm³/mol. The summed E-state index contributed by atoms with van der Waals surface area (Å²) in [5.41, 5.74) is 14.3. The summed E-state index contributed by atoms with van der Waals surface area (Å²) in [7, 11) is 0. The molecule has 0 aliphatic rings. The Bertz CT molecular complexity index is 1010. The van der Waals surface area contributed by atoms with Gasteiger partial charge in [0.15, 0.2) is 22.5 Å². The molecular weight excluding hydrogens is 388 g/mol. The van der Waals surface area contributed by atoms with Gasteiger partial charge in [0.2, 0.25) is 0 Å². The van der Waals surface area contributed by atoms with Crippen LogP contribution in [0.1, 0.15) is 26.3 Å². The molecule has 0 saturated carbocycles. The molecule has 3 aromatic rings. The summed E-state index contributed by atoms with van der Waals surface area (Å²) < 4.78 is 2.08. The monoisotopic (exact) mass is 416 g/mol. The van der Waals surface area contributed by atoms with Crippen LogP contribution in [0.15, 0.2) is 34.4 Å². The first kappa shape index (κ1) is 21.2. The van der Waals surface area contributed by atoms with E-state index in [1.807, 2.05) is 6.07 Å². The average molecular weight is 417 g/mol. The number of rotatable bonds is 7. The van der Waals surface area contributed by atoms with Crippen LogP contribution in [-0.4, -0.2) is 37.8 Å². The Morgan fingerprint density at radius 1 is 1.21 bits per heavy atom. The number of pyridine rings is 1. The second-order valence-corrected chi connectivity index (χ2v) is 9.11. The van der Waals surface area contributed by atoms with E-state index in [-0.39, 0.29) is 23.5 Å². The molecule has 0 amide bonds. The lowest BCUT2D eigenvalue weighted by Crippen LogP contribution is -2.29. The highest BCUT2D eigenvalue weighted by Crippen LogP contribution is 2.38. The molecule has 156 valence electrons. The summed E-state index contributed by atoms with van der Waals surface area (Å²) in [6.45, 7) is 9.15. The van der Waals surface area contributed by atoms with Crippen molar-refractivity contribution in [1.29, 1.82) is 0 Å². The quantitative estimate of drug-likeness (QED) is 0.293. The lowest BCUT2D eigenvalue weighted by Gasteiger charge is -2.19. The van der Waals surface area contributed by atoms with Crippen molar-refractivity contribution in [3.63, 3.8) is 0 Å². The molecule has 2 aromatic heterocycles. The second-order valence-electron chi connectivity index (χ2n) is 8.10. The summed E-state index contributed by atoms with van der Waals surface area (Å²) in [5.74, 6) is -0.0122. The topological polar surface area (TPSA) is 135 Å². The van der Waals surface area contributed by atoms with Crippen LogP contribution < -0.4 is 16.8 Å². The van der Waals surface area contributed by atoms with Crippen LogP contribution in [0.25, 0.3) is 11.0 Å². The van der Waals surface area contributed by atoms with Crippen LogP contribution in [0.5, 0.6) is 11.5 Å². The third-order valence-electron chi connectivity index (χ3n) is 4.41. The molecule has 1 aromatic carbocycles. The van der Waals surface area contributed by atoms with Gasteiger partial charge in [0, 0.05) is 37.3 Å². The average Bonchev–Trinajstić information content (AvgIpc) is 2.99. The lowest BCUT2D eigenvalue weighted by atomic mass is 9.97. The van der Waals surface area contributed by atoms with E-state index in [2.05, 4.69) is 40.6 Å². The molecule has 0 fully saturated rings. The molecule has 9 heteroatoms. The van der Waals surface area contributed by atoms with Crippen molar-refractivity contribution in [2.24, 2.45) is 11.1 Å². The predicted octanol–water partition coefficient (Wildman–Crippen LogP) is 2.67. The molecule has 29 heavy (non-hydrogen) atoms. The highest BCUT2D eigenvalue weighted by molar-refractivity contribution is 7.99. The lowest BCUT2D eigenvalue weighted by molar-refractivity contribution is 0.375. The first-order valence-electron chi connectivity index (χ1n) is 9.44. The molecule has 0 atom stereocenters. The molecule has 0 bridgehead atoms. The first-order chi connectivity index (χ1) is 13.7. The van der Waals surface area contributed by atoms with Crippen LogP contribution in [0.3, 0.4) is 0 Å². The van der Waals surface area contributed by atoms with Gasteiger partial charge in [0.25, 0.3) is 0 Å². The Morgan fingerprint density at radius 3 is 2.62 bits per heavy atom. The number of hydrogen-bond donors (Lipinski definition) is 5. The van der Waals surface area contributed by atoms with Crippen LogP contribution in [0.4, 0.5) is 5.82 Å². The number of nitrogens with two attached hydrogens (primary N) is 2. The largest absolute Gasteiger partial charge is 0.504 e. The van der Waals surface area contributed by atoms with E-state index in [1.54, 1.807) is 6.20 Å². The molecule has 0 radical (unpaired) electrons. The van der Waals surface area contributed by atoms with Crippen LogP contribution in [0.2, 0.25) is 0 Å². The maximum atomic E-state index is 9.93. The summed E-state index contributed by atoms with van der Waals surface area (Å²) >= 11 is 1.38. The number of imidazole rings is 1. The second kappa shape index (κ2) is 8.48. The molecule has 0 spiro atoms. The van der Waals surface area contributed by atoms with Crippen molar-refractivity contribution in [3.8, 4) is 11.5 Å². The fourth-order valence-electron chi connectivity index (χ4n) is 2.95. The standard InChI is InChI=1S/C20H28N6O2S/c1-20(2,3)11-23-6-7-26-13-4-5-24-18(22)17(13)25-19(26)29-16-9-15(28)14(27)8-12(16)10-21/h4-5,8-9,23,27-28H,6-7,10-11,21H2,1-3H3,(H2,22,24). The Balaban J connectivity index is 1.95. The number of fused-ring (bicyclic) bond motifs is 1. The Hall–Kier alpha value is -2.49. The van der Waals surface area contributed by atoms with Crippen LogP contribution in [0, 0.1) is 5.41 Å². The van der Waals surface area contributed by atoms with E-state index in [4.69, 9.17) is 11.5 Å². The number of nitrogens with zero attached hydrogens (tertiary/aromatic N) is 3. The van der Waals surface area contributed by atoms with E-state index in [9.17, 15) is 10.2 Å². The van der Waals surface area contributed by atoms with Gasteiger partial charge >= 0.3 is 0 Å². The highest BCUT2D eigenvalue weighted by Gasteiger charge is 2.17. The number of nitrogens with one attached hydrogen (secondary N) is 1. The number of hydrogen-bond acceptors (Lipinski definition) is 8. The molecule has 2 heterocycles. The smallest absolute Gasteiger partial charge is 0.174 e. The first-order valence-corrected chi connectivity index (χ1v) is 10.3. The Kier molecular flexibility index (Phi) is 6.21. The van der Waals surface area contributed by atoms with Gasteiger partial charge in [-0.05, 0) is 29.2 Å². The van der Waals surface area contributed by atoms with Gasteiger partial charge in [-0.1, -0.05) is 32.5 Å². The number of benzene rings is 1. The van der Waals surface area contributed by atoms with E-state index in [0.29, 0.717) is 17.9 Å². The van der Waals surface area contributed by atoms with Gasteiger partial charge in [-0.15, -0.1) is 0 Å². The van der Waals surface area contributed by atoms with E-state index < -0.39 is 0 Å². The van der Waals surface area contributed by atoms with E-state index in [1.165, 1.54) is 23.9 Å². The molecule has 0 aliphatic carbocycles. The zero-order valence-corrected chi connectivity index (χ0v) is 17.8. The van der Waals surface area contributed by atoms with Crippen molar-refractivity contribution < 1.29 is 10.2 Å². The number of aromatic hydroxyl groups is 2. The van der Waals surface area contributed by atoms with Crippen molar-refractivity contribution in [2.75, 3.05) is 18.8 Å². The normalized spacial score (nSPS) is 12.0. The fourth-order valence-corrected chi connectivity index (χ4v) is 4.03. The minimum Gasteiger partial charge on any atom is -0.504 e. The van der Waals surface area contributed by atoms with Gasteiger partial charge < -0.3 is 31.6 Å². The van der Waals surface area contributed by atoms with Gasteiger partial charge in [-0.25, -0.2) is 9.97 Å². The number of anilines is 1. The Labute approximate surface area is 174 Å².